The Morgan fingerprint density at radius 1 is 1.26 bits per heavy atom. The molecule has 4 heterocycles. The van der Waals surface area contributed by atoms with Crippen LogP contribution in [0.25, 0.3) is 16.6 Å². The molecule has 1 saturated carbocycles. The SMILES string of the molecule is COc1cc2nc(N)n3nc([C@@H]4CCCN(c5cnn([C@H]6CC[C@@]6(C)O)c5)C4)nc3c2cc1F. The topological polar surface area (TPSA) is 120 Å². The summed E-state index contributed by atoms with van der Waals surface area (Å²) >= 11 is 0. The van der Waals surface area contributed by atoms with Gasteiger partial charge < -0.3 is 20.5 Å². The van der Waals surface area contributed by atoms with Crippen molar-refractivity contribution in [1.82, 2.24) is 29.4 Å². The van der Waals surface area contributed by atoms with E-state index in [0.29, 0.717) is 22.4 Å². The molecule has 2 aliphatic rings. The highest BCUT2D eigenvalue weighted by Gasteiger charge is 2.43. The standard InChI is InChI=1S/C23H27FN8O2/c1-23(33)6-5-19(23)31-12-14(10-26-31)30-7-3-4-13(11-30)20-28-21-15-8-16(24)18(34-2)9-17(15)27-22(25)32(21)29-20/h8-10,12-13,19,33H,3-7,11H2,1-2H3,(H2,25,27)/t13-,19+,23-/m1/s1. The fraction of sp³-hybridized carbons (Fsp3) is 0.478. The van der Waals surface area contributed by atoms with Crippen LogP contribution < -0.4 is 15.4 Å². The zero-order valence-electron chi connectivity index (χ0n) is 19.1. The molecular weight excluding hydrogens is 439 g/mol. The monoisotopic (exact) mass is 466 g/mol. The number of rotatable bonds is 4. The van der Waals surface area contributed by atoms with Crippen molar-refractivity contribution in [3.63, 3.8) is 0 Å². The zero-order valence-corrected chi connectivity index (χ0v) is 19.1. The highest BCUT2D eigenvalue weighted by atomic mass is 19.1. The maximum Gasteiger partial charge on any atom is 0.223 e. The van der Waals surface area contributed by atoms with Gasteiger partial charge in [-0.1, -0.05) is 0 Å². The Kier molecular flexibility index (Phi) is 4.67. The van der Waals surface area contributed by atoms with E-state index in [-0.39, 0.29) is 23.7 Å². The lowest BCUT2D eigenvalue weighted by atomic mass is 9.76. The number of hydrogen-bond acceptors (Lipinski definition) is 8. The molecule has 3 atom stereocenters. The van der Waals surface area contributed by atoms with Gasteiger partial charge in [0, 0.05) is 36.7 Å². The molecular formula is C23H27FN8O2. The molecule has 178 valence electrons. The number of halogens is 1. The van der Waals surface area contributed by atoms with Crippen LogP contribution in [0.1, 0.15) is 50.4 Å². The van der Waals surface area contributed by atoms with Gasteiger partial charge >= 0.3 is 0 Å². The number of anilines is 2. The fourth-order valence-corrected chi connectivity index (χ4v) is 5.17. The summed E-state index contributed by atoms with van der Waals surface area (Å²) in [7, 11) is 1.41. The van der Waals surface area contributed by atoms with Gasteiger partial charge in [-0.15, -0.1) is 5.10 Å². The summed E-state index contributed by atoms with van der Waals surface area (Å²) in [6.45, 7) is 3.51. The van der Waals surface area contributed by atoms with E-state index in [1.54, 1.807) is 0 Å². The number of benzene rings is 1. The van der Waals surface area contributed by atoms with Crippen molar-refractivity contribution in [3.8, 4) is 5.75 Å². The first-order valence-corrected chi connectivity index (χ1v) is 11.5. The summed E-state index contributed by atoms with van der Waals surface area (Å²) in [5.41, 5.74) is 7.47. The van der Waals surface area contributed by atoms with Crippen molar-refractivity contribution in [2.45, 2.75) is 50.2 Å². The first-order valence-electron chi connectivity index (χ1n) is 11.5. The third kappa shape index (κ3) is 3.25. The van der Waals surface area contributed by atoms with Gasteiger partial charge in [0.1, 0.15) is 0 Å². The molecule has 2 fully saturated rings. The molecule has 0 bridgehead atoms. The number of piperidine rings is 1. The molecule has 1 aromatic carbocycles. The Bertz CT molecular complexity index is 1400. The third-order valence-electron chi connectivity index (χ3n) is 7.29. The molecule has 4 aromatic rings. The molecule has 1 aliphatic heterocycles. The van der Waals surface area contributed by atoms with Crippen LogP contribution in [0.5, 0.6) is 5.75 Å². The highest BCUT2D eigenvalue weighted by Crippen LogP contribution is 2.42. The predicted octanol–water partition coefficient (Wildman–Crippen LogP) is 2.67. The van der Waals surface area contributed by atoms with Crippen molar-refractivity contribution < 1.29 is 14.2 Å². The second-order valence-corrected chi connectivity index (χ2v) is 9.55. The summed E-state index contributed by atoms with van der Waals surface area (Å²) in [6, 6.07) is 2.91. The van der Waals surface area contributed by atoms with E-state index in [2.05, 4.69) is 20.1 Å². The number of fused-ring (bicyclic) bond motifs is 3. The van der Waals surface area contributed by atoms with Gasteiger partial charge in [0.25, 0.3) is 0 Å². The number of ether oxygens (including phenoxy) is 1. The van der Waals surface area contributed by atoms with Gasteiger partial charge in [0.2, 0.25) is 5.95 Å². The molecule has 6 rings (SSSR count). The second kappa shape index (κ2) is 7.52. The third-order valence-corrected chi connectivity index (χ3v) is 7.29. The van der Waals surface area contributed by atoms with Gasteiger partial charge in [-0.2, -0.15) is 9.61 Å². The molecule has 1 aliphatic carbocycles. The molecule has 34 heavy (non-hydrogen) atoms. The Morgan fingerprint density at radius 3 is 2.85 bits per heavy atom. The number of nitrogen functional groups attached to an aromatic ring is 1. The van der Waals surface area contributed by atoms with Crippen molar-refractivity contribution >= 4 is 28.2 Å². The van der Waals surface area contributed by atoms with Crippen LogP contribution >= 0.6 is 0 Å². The molecule has 11 heteroatoms. The van der Waals surface area contributed by atoms with Crippen LogP contribution in [-0.2, 0) is 0 Å². The van der Waals surface area contributed by atoms with Crippen molar-refractivity contribution in [1.29, 1.82) is 0 Å². The minimum atomic E-state index is -0.700. The number of methoxy groups -OCH3 is 1. The zero-order chi connectivity index (χ0) is 23.6. The van der Waals surface area contributed by atoms with Gasteiger partial charge in [0.05, 0.1) is 36.2 Å². The maximum atomic E-state index is 14.4. The van der Waals surface area contributed by atoms with Crippen molar-refractivity contribution in [2.75, 3.05) is 30.8 Å². The van der Waals surface area contributed by atoms with Crippen molar-refractivity contribution in [2.24, 2.45) is 0 Å². The lowest BCUT2D eigenvalue weighted by molar-refractivity contribution is -0.0737. The molecule has 10 nitrogen and oxygen atoms in total. The van der Waals surface area contributed by atoms with E-state index in [9.17, 15) is 9.50 Å². The van der Waals surface area contributed by atoms with Gasteiger partial charge in [0.15, 0.2) is 23.0 Å². The molecule has 0 amide bonds. The van der Waals surface area contributed by atoms with E-state index in [1.807, 2.05) is 24.0 Å². The Morgan fingerprint density at radius 2 is 2.12 bits per heavy atom. The van der Waals surface area contributed by atoms with Crippen LogP contribution in [0.4, 0.5) is 16.0 Å². The summed E-state index contributed by atoms with van der Waals surface area (Å²) in [5, 5.41) is 20.1. The molecule has 3 aromatic heterocycles. The first kappa shape index (κ1) is 21.1. The van der Waals surface area contributed by atoms with Crippen LogP contribution in [0.3, 0.4) is 0 Å². The molecule has 0 unspecified atom stereocenters. The van der Waals surface area contributed by atoms with Crippen LogP contribution in [0.2, 0.25) is 0 Å². The van der Waals surface area contributed by atoms with Crippen molar-refractivity contribution in [3.05, 3.63) is 36.2 Å². The van der Waals surface area contributed by atoms with Gasteiger partial charge in [-0.25, -0.2) is 14.4 Å². The number of aromatic nitrogens is 6. The van der Waals surface area contributed by atoms with Gasteiger partial charge in [-0.05, 0) is 38.7 Å². The lowest BCUT2D eigenvalue weighted by Crippen LogP contribution is -2.45. The molecule has 3 N–H and O–H groups in total. The van der Waals surface area contributed by atoms with E-state index in [4.69, 9.17) is 15.5 Å². The predicted molar refractivity (Wildman–Crippen MR) is 125 cm³/mol. The smallest absolute Gasteiger partial charge is 0.223 e. The fourth-order valence-electron chi connectivity index (χ4n) is 5.17. The van der Waals surface area contributed by atoms with E-state index >= 15 is 0 Å². The number of aliphatic hydroxyl groups is 1. The van der Waals surface area contributed by atoms with E-state index in [0.717, 1.165) is 44.5 Å². The Labute approximate surface area is 195 Å². The quantitative estimate of drug-likeness (QED) is 0.471. The Balaban J connectivity index is 1.31. The number of hydrogen-bond donors (Lipinski definition) is 2. The summed E-state index contributed by atoms with van der Waals surface area (Å²) in [5.74, 6) is 0.559. The average Bonchev–Trinajstić information content (AvgIpc) is 3.47. The van der Waals surface area contributed by atoms with Crippen LogP contribution in [0.15, 0.2) is 24.5 Å². The summed E-state index contributed by atoms with van der Waals surface area (Å²) in [6.07, 6.45) is 7.52. The molecule has 0 spiro atoms. The maximum absolute atomic E-state index is 14.4. The highest BCUT2D eigenvalue weighted by molar-refractivity contribution is 5.93. The largest absolute Gasteiger partial charge is 0.494 e. The molecule has 1 saturated heterocycles. The van der Waals surface area contributed by atoms with E-state index < -0.39 is 11.4 Å². The van der Waals surface area contributed by atoms with Crippen LogP contribution in [-0.4, -0.2) is 60.3 Å². The lowest BCUT2D eigenvalue weighted by Gasteiger charge is -2.42. The first-order chi connectivity index (χ1) is 16.3. The number of nitrogens with zero attached hydrogens (tertiary/aromatic N) is 7. The second-order valence-electron chi connectivity index (χ2n) is 9.55. The minimum Gasteiger partial charge on any atom is -0.494 e. The van der Waals surface area contributed by atoms with E-state index in [1.165, 1.54) is 23.8 Å². The Hall–Kier alpha value is -3.47. The number of nitrogens with two attached hydrogens (primary N) is 1. The normalized spacial score (nSPS) is 25.1. The minimum absolute atomic E-state index is 0.0183. The average molecular weight is 467 g/mol. The van der Waals surface area contributed by atoms with Crippen LogP contribution in [0, 0.1) is 5.82 Å². The van der Waals surface area contributed by atoms with Gasteiger partial charge in [-0.3, -0.25) is 4.68 Å². The molecule has 0 radical (unpaired) electrons. The summed E-state index contributed by atoms with van der Waals surface area (Å²) in [4.78, 5) is 11.4. The summed E-state index contributed by atoms with van der Waals surface area (Å²) < 4.78 is 22.9.